The fourth-order valence-corrected chi connectivity index (χ4v) is 6.40. The Labute approximate surface area is 254 Å². The Morgan fingerprint density at radius 2 is 1.93 bits per heavy atom. The maximum atomic E-state index is 13.0. The molecule has 4 aromatic rings. The van der Waals surface area contributed by atoms with Crippen molar-refractivity contribution in [2.45, 2.75) is 36.9 Å². The minimum Gasteiger partial charge on any atom is -0.445 e. The maximum Gasteiger partial charge on any atom is 0.410 e. The lowest BCUT2D eigenvalue weighted by molar-refractivity contribution is 0.0265. The first kappa shape index (κ1) is 28.3. The fourth-order valence-electron chi connectivity index (χ4n) is 5.73. The highest BCUT2D eigenvalue weighted by Crippen LogP contribution is 2.39. The van der Waals surface area contributed by atoms with Crippen molar-refractivity contribution >= 4 is 46.0 Å². The third-order valence-electron chi connectivity index (χ3n) is 7.80. The van der Waals surface area contributed by atoms with E-state index in [1.165, 1.54) is 11.8 Å². The average molecular weight is 600 g/mol. The molecule has 42 heavy (non-hydrogen) atoms. The number of carbonyl (C=O) groups is 1. The van der Waals surface area contributed by atoms with E-state index in [-0.39, 0.29) is 25.3 Å². The highest BCUT2D eigenvalue weighted by Gasteiger charge is 2.36. The highest BCUT2D eigenvalue weighted by molar-refractivity contribution is 7.98. The summed E-state index contributed by atoms with van der Waals surface area (Å²) in [4.78, 5) is 30.3. The predicted molar refractivity (Wildman–Crippen MR) is 165 cm³/mol. The summed E-state index contributed by atoms with van der Waals surface area (Å²) in [6, 6.07) is 21.4. The number of ether oxygens (including phenoxy) is 2. The molecule has 1 unspecified atom stereocenters. The molecule has 0 N–H and O–H groups in total. The van der Waals surface area contributed by atoms with Crippen LogP contribution in [0.4, 0.5) is 10.6 Å². The molecule has 2 aliphatic heterocycles. The van der Waals surface area contributed by atoms with Crippen LogP contribution >= 0.6 is 23.4 Å². The lowest BCUT2D eigenvalue weighted by Crippen LogP contribution is -2.57. The van der Waals surface area contributed by atoms with Crippen LogP contribution in [0.15, 0.2) is 71.9 Å². The van der Waals surface area contributed by atoms with Crippen molar-refractivity contribution in [1.82, 2.24) is 14.9 Å². The molecule has 2 aliphatic rings. The molecule has 0 aliphatic carbocycles. The second-order valence-electron chi connectivity index (χ2n) is 10.3. The van der Waals surface area contributed by atoms with Gasteiger partial charge in [-0.2, -0.15) is 0 Å². The van der Waals surface area contributed by atoms with Gasteiger partial charge in [0.2, 0.25) is 6.54 Å². The topological polar surface area (TPSA) is 72.2 Å². The summed E-state index contributed by atoms with van der Waals surface area (Å²) >= 11 is 8.13. The van der Waals surface area contributed by atoms with Gasteiger partial charge in [0.25, 0.3) is 0 Å². The number of thioether (sulfide) groups is 1. The molecule has 1 amide bonds. The minimum absolute atomic E-state index is 0.181. The number of amides is 1. The summed E-state index contributed by atoms with van der Waals surface area (Å²) in [6.45, 7) is 9.74. The second-order valence-corrected chi connectivity index (χ2v) is 11.5. The first-order valence-electron chi connectivity index (χ1n) is 13.8. The molecular weight excluding hydrogens is 570 g/mol. The number of carbonyl (C=O) groups excluding carboxylic acids is 1. The average Bonchev–Trinajstić information content (AvgIpc) is 3.03. The Bertz CT molecular complexity index is 1640. The normalized spacial score (nSPS) is 18.4. The van der Waals surface area contributed by atoms with Crippen LogP contribution in [0.3, 0.4) is 0 Å². The molecule has 0 bridgehead atoms. The van der Waals surface area contributed by atoms with Crippen LogP contribution in [-0.4, -0.2) is 59.4 Å². The van der Waals surface area contributed by atoms with Gasteiger partial charge >= 0.3 is 6.09 Å². The molecule has 1 aromatic heterocycles. The van der Waals surface area contributed by atoms with Gasteiger partial charge in [-0.1, -0.05) is 84.0 Å². The number of nitrogens with zero attached hydrogens (tertiary/aromatic N) is 5. The molecule has 3 heterocycles. The second kappa shape index (κ2) is 12.6. The van der Waals surface area contributed by atoms with E-state index < -0.39 is 6.09 Å². The van der Waals surface area contributed by atoms with E-state index in [0.29, 0.717) is 42.8 Å². The van der Waals surface area contributed by atoms with Crippen molar-refractivity contribution in [3.05, 3.63) is 106 Å². The van der Waals surface area contributed by atoms with Gasteiger partial charge in [0, 0.05) is 42.0 Å². The van der Waals surface area contributed by atoms with E-state index in [4.69, 9.17) is 37.6 Å². The summed E-state index contributed by atoms with van der Waals surface area (Å²) < 4.78 is 12.1. The zero-order chi connectivity index (χ0) is 29.1. The summed E-state index contributed by atoms with van der Waals surface area (Å²) in [6.07, 6.45) is 1.97. The number of halogens is 1. The van der Waals surface area contributed by atoms with Gasteiger partial charge in [0.15, 0.2) is 5.16 Å². The molecule has 0 radical (unpaired) electrons. The van der Waals surface area contributed by atoms with Gasteiger partial charge in [0.05, 0.1) is 18.4 Å². The van der Waals surface area contributed by atoms with Gasteiger partial charge in [-0.15, -0.1) is 0 Å². The van der Waals surface area contributed by atoms with Crippen LogP contribution in [0.25, 0.3) is 15.6 Å². The van der Waals surface area contributed by atoms with Gasteiger partial charge in [-0.25, -0.2) is 21.3 Å². The molecule has 10 heteroatoms. The van der Waals surface area contributed by atoms with Gasteiger partial charge in [-0.05, 0) is 28.8 Å². The van der Waals surface area contributed by atoms with Crippen LogP contribution in [0, 0.1) is 6.57 Å². The Balaban J connectivity index is 1.24. The van der Waals surface area contributed by atoms with E-state index in [1.807, 2.05) is 54.8 Å². The quantitative estimate of drug-likeness (QED) is 0.141. The number of rotatable bonds is 6. The Kier molecular flexibility index (Phi) is 8.47. The molecule has 214 valence electrons. The molecule has 3 aromatic carbocycles. The van der Waals surface area contributed by atoms with Crippen LogP contribution in [0.2, 0.25) is 5.02 Å². The first-order valence-corrected chi connectivity index (χ1v) is 15.4. The number of hydrogen-bond donors (Lipinski definition) is 0. The molecule has 2 atom stereocenters. The summed E-state index contributed by atoms with van der Waals surface area (Å²) in [5.41, 5.74) is 3.88. The van der Waals surface area contributed by atoms with Crippen molar-refractivity contribution in [2.75, 3.05) is 37.3 Å². The Hall–Kier alpha value is -3.84. The fraction of sp³-hybridized carbons (Fsp3) is 0.312. The Morgan fingerprint density at radius 1 is 1.12 bits per heavy atom. The number of anilines is 1. The van der Waals surface area contributed by atoms with Gasteiger partial charge in [0.1, 0.15) is 18.5 Å². The Morgan fingerprint density at radius 3 is 2.71 bits per heavy atom. The first-order chi connectivity index (χ1) is 20.6. The molecule has 0 saturated carbocycles. The van der Waals surface area contributed by atoms with Crippen LogP contribution in [-0.2, 0) is 29.1 Å². The number of benzene rings is 3. The van der Waals surface area contributed by atoms with Crippen molar-refractivity contribution in [1.29, 1.82) is 0 Å². The SMILES string of the molecule is [C-]#[N+]C[C@H]1CN(c2nc(SC)nc3c2COC(c2cccc4cccc(Cl)c24)C3)CCN1C(=O)OCc1ccccc1. The van der Waals surface area contributed by atoms with Crippen LogP contribution in [0.5, 0.6) is 0 Å². The third-order valence-corrected chi connectivity index (χ3v) is 8.66. The molecule has 8 nitrogen and oxygen atoms in total. The number of aromatic nitrogens is 2. The zero-order valence-electron chi connectivity index (χ0n) is 23.2. The third kappa shape index (κ3) is 5.75. The molecule has 6 rings (SSSR count). The van der Waals surface area contributed by atoms with Crippen molar-refractivity contribution in [3.63, 3.8) is 0 Å². The van der Waals surface area contributed by atoms with E-state index in [0.717, 1.165) is 39.0 Å². The number of piperazine rings is 1. The van der Waals surface area contributed by atoms with Crippen molar-refractivity contribution in [2.24, 2.45) is 0 Å². The number of fused-ring (bicyclic) bond motifs is 2. The summed E-state index contributed by atoms with van der Waals surface area (Å²) in [5.74, 6) is 0.811. The van der Waals surface area contributed by atoms with Crippen LogP contribution < -0.4 is 4.90 Å². The van der Waals surface area contributed by atoms with Crippen LogP contribution in [0.1, 0.15) is 28.5 Å². The monoisotopic (exact) mass is 599 g/mol. The summed E-state index contributed by atoms with van der Waals surface area (Å²) in [7, 11) is 0. The minimum atomic E-state index is -0.401. The maximum absolute atomic E-state index is 13.0. The van der Waals surface area contributed by atoms with E-state index in [9.17, 15) is 4.79 Å². The van der Waals surface area contributed by atoms with Gasteiger partial charge < -0.3 is 19.2 Å². The molecular formula is C32H30ClN5O3S. The zero-order valence-corrected chi connectivity index (χ0v) is 24.8. The molecule has 1 saturated heterocycles. The van der Waals surface area contributed by atoms with Crippen molar-refractivity contribution in [3.8, 4) is 0 Å². The smallest absolute Gasteiger partial charge is 0.410 e. The lowest BCUT2D eigenvalue weighted by Gasteiger charge is -2.40. The highest BCUT2D eigenvalue weighted by atomic mass is 35.5. The van der Waals surface area contributed by atoms with E-state index in [1.54, 1.807) is 4.90 Å². The molecule has 1 fully saturated rings. The summed E-state index contributed by atoms with van der Waals surface area (Å²) in [5, 5.41) is 3.48. The molecule has 0 spiro atoms. The largest absolute Gasteiger partial charge is 0.445 e. The predicted octanol–water partition coefficient (Wildman–Crippen LogP) is 6.57. The van der Waals surface area contributed by atoms with E-state index in [2.05, 4.69) is 27.9 Å². The van der Waals surface area contributed by atoms with Gasteiger partial charge in [-0.3, -0.25) is 4.90 Å². The lowest BCUT2D eigenvalue weighted by atomic mass is 9.94. The number of hydrogen-bond acceptors (Lipinski definition) is 7. The van der Waals surface area contributed by atoms with E-state index >= 15 is 0 Å². The van der Waals surface area contributed by atoms with Crippen molar-refractivity contribution < 1.29 is 14.3 Å². The standard InChI is InChI=1S/C32H30ClN5O3S/c1-34-17-23-18-37(14-15-38(23)32(39)41-19-21-8-4-3-5-9-21)30-25-20-40-28(16-27(25)35-31(36-30)42-2)24-12-6-10-22-11-7-13-26(33)29(22)24/h3-13,23,28H,14-20H2,2H3/t23-,28?/m0/s1.